The first kappa shape index (κ1) is 13.5. The monoisotopic (exact) mass is 261 g/mol. The van der Waals surface area contributed by atoms with Gasteiger partial charge in [-0.15, -0.1) is 0 Å². The standard InChI is InChI=1S/C16H28BNO/c1-10(2)16-6-5-14-12(7-13(9-16)17-16)8-15(19)18(14)11(3)4/h10-14,17H,5-9H2,1-4H3. The molecule has 4 fully saturated rings. The fraction of sp³-hybridized carbons (Fsp3) is 0.938. The van der Waals surface area contributed by atoms with Gasteiger partial charge in [-0.25, -0.2) is 0 Å². The molecule has 0 aromatic rings. The predicted molar refractivity (Wildman–Crippen MR) is 80.8 cm³/mol. The number of nitrogens with zero attached hydrogens (tertiary/aromatic N) is 1. The van der Waals surface area contributed by atoms with E-state index in [9.17, 15) is 4.79 Å². The number of likely N-dealkylation sites (tertiary alicyclic amines) is 1. The average Bonchev–Trinajstić information content (AvgIpc) is 2.51. The second kappa shape index (κ2) is 4.53. The molecule has 106 valence electrons. The molecule has 0 N–H and O–H groups in total. The summed E-state index contributed by atoms with van der Waals surface area (Å²) in [4.78, 5) is 14.5. The van der Waals surface area contributed by atoms with Crippen LogP contribution in [-0.2, 0) is 4.79 Å². The molecular formula is C16H28BNO. The highest BCUT2D eigenvalue weighted by Crippen LogP contribution is 2.61. The van der Waals surface area contributed by atoms with Crippen molar-refractivity contribution in [2.24, 2.45) is 11.8 Å². The van der Waals surface area contributed by atoms with Gasteiger partial charge in [0, 0.05) is 18.5 Å². The van der Waals surface area contributed by atoms with E-state index in [1.165, 1.54) is 33.0 Å². The van der Waals surface area contributed by atoms with Crippen LogP contribution in [-0.4, -0.2) is 30.2 Å². The largest absolute Gasteiger partial charge is 0.337 e. The molecular weight excluding hydrogens is 233 g/mol. The molecule has 1 amide bonds. The van der Waals surface area contributed by atoms with Crippen molar-refractivity contribution in [1.29, 1.82) is 0 Å². The van der Waals surface area contributed by atoms with Crippen molar-refractivity contribution in [1.82, 2.24) is 4.90 Å². The van der Waals surface area contributed by atoms with Crippen LogP contribution in [0, 0.1) is 11.8 Å². The molecule has 0 aromatic heterocycles. The zero-order chi connectivity index (χ0) is 13.8. The van der Waals surface area contributed by atoms with E-state index in [4.69, 9.17) is 0 Å². The van der Waals surface area contributed by atoms with E-state index in [2.05, 4.69) is 32.6 Å². The highest BCUT2D eigenvalue weighted by Gasteiger charge is 2.53. The van der Waals surface area contributed by atoms with E-state index in [-0.39, 0.29) is 0 Å². The summed E-state index contributed by atoms with van der Waals surface area (Å²) in [6.45, 7) is 9.15. The summed E-state index contributed by atoms with van der Waals surface area (Å²) in [6, 6.07) is 0.932. The van der Waals surface area contributed by atoms with Crippen LogP contribution >= 0.6 is 0 Å². The molecule has 0 spiro atoms. The second-order valence-corrected chi connectivity index (χ2v) is 7.99. The van der Waals surface area contributed by atoms with Crippen molar-refractivity contribution in [2.45, 2.75) is 83.0 Å². The smallest absolute Gasteiger partial charge is 0.223 e. The minimum Gasteiger partial charge on any atom is -0.337 e. The number of carbonyl (C=O) groups excluding carboxylic acids is 1. The fourth-order valence-electron chi connectivity index (χ4n) is 5.25. The number of carbonyl (C=O) groups is 1. The van der Waals surface area contributed by atoms with Gasteiger partial charge in [0.25, 0.3) is 0 Å². The summed E-state index contributed by atoms with van der Waals surface area (Å²) in [6.07, 6.45) is 6.17. The maximum absolute atomic E-state index is 12.3. The number of rotatable bonds is 2. The van der Waals surface area contributed by atoms with Gasteiger partial charge in [0.1, 0.15) is 7.28 Å². The Balaban J connectivity index is 1.79. The lowest BCUT2D eigenvalue weighted by molar-refractivity contribution is -0.130. The first-order chi connectivity index (χ1) is 8.93. The Bertz CT molecular complexity index is 373. The van der Waals surface area contributed by atoms with Crippen LogP contribution in [0.3, 0.4) is 0 Å². The molecule has 4 atom stereocenters. The Hall–Kier alpha value is -0.465. The zero-order valence-electron chi connectivity index (χ0n) is 13.0. The van der Waals surface area contributed by atoms with Gasteiger partial charge >= 0.3 is 0 Å². The predicted octanol–water partition coefficient (Wildman–Crippen LogP) is 3.24. The van der Waals surface area contributed by atoms with Crippen LogP contribution in [0.5, 0.6) is 0 Å². The quantitative estimate of drug-likeness (QED) is 0.699. The molecule has 4 rings (SSSR count). The lowest BCUT2D eigenvalue weighted by atomic mass is 9.26. The normalized spacial score (nSPS) is 41.7. The van der Waals surface area contributed by atoms with Gasteiger partial charge in [-0.1, -0.05) is 44.2 Å². The van der Waals surface area contributed by atoms with Crippen molar-refractivity contribution in [2.75, 3.05) is 0 Å². The van der Waals surface area contributed by atoms with Gasteiger partial charge in [0.2, 0.25) is 5.91 Å². The van der Waals surface area contributed by atoms with Gasteiger partial charge in [0.15, 0.2) is 0 Å². The van der Waals surface area contributed by atoms with Crippen molar-refractivity contribution in [3.05, 3.63) is 0 Å². The van der Waals surface area contributed by atoms with Crippen molar-refractivity contribution >= 4 is 13.2 Å². The van der Waals surface area contributed by atoms with Crippen molar-refractivity contribution < 1.29 is 4.79 Å². The molecule has 0 aromatic carbocycles. The molecule has 4 unspecified atom stereocenters. The SMILES string of the molecule is CC(C)N1C(=O)CC2CC3BC(C(C)C)(CCC21)C3. The third kappa shape index (κ3) is 2.04. The number of hydrogen-bond donors (Lipinski definition) is 0. The van der Waals surface area contributed by atoms with Gasteiger partial charge in [-0.3, -0.25) is 4.79 Å². The summed E-state index contributed by atoms with van der Waals surface area (Å²) >= 11 is 0. The highest BCUT2D eigenvalue weighted by molar-refractivity contribution is 6.46. The summed E-state index contributed by atoms with van der Waals surface area (Å²) in [7, 11) is 1.43. The van der Waals surface area contributed by atoms with Crippen LogP contribution in [0.15, 0.2) is 0 Å². The van der Waals surface area contributed by atoms with E-state index in [0.29, 0.717) is 29.2 Å². The van der Waals surface area contributed by atoms with E-state index in [1.54, 1.807) is 0 Å². The molecule has 1 aliphatic carbocycles. The molecule has 3 saturated heterocycles. The Morgan fingerprint density at radius 2 is 2.00 bits per heavy atom. The molecule has 4 aliphatic rings. The summed E-state index contributed by atoms with van der Waals surface area (Å²) in [5, 5.41) is 0.615. The van der Waals surface area contributed by atoms with E-state index in [1.807, 2.05) is 0 Å². The van der Waals surface area contributed by atoms with Crippen LogP contribution in [0.25, 0.3) is 0 Å². The van der Waals surface area contributed by atoms with Crippen LogP contribution in [0.4, 0.5) is 0 Å². The lowest BCUT2D eigenvalue weighted by Gasteiger charge is -2.54. The maximum atomic E-state index is 12.3. The first-order valence-corrected chi connectivity index (χ1v) is 8.24. The highest BCUT2D eigenvalue weighted by atomic mass is 16.2. The van der Waals surface area contributed by atoms with E-state index >= 15 is 0 Å². The van der Waals surface area contributed by atoms with Gasteiger partial charge < -0.3 is 4.90 Å². The van der Waals surface area contributed by atoms with Gasteiger partial charge in [-0.05, 0) is 32.1 Å². The molecule has 1 saturated carbocycles. The molecule has 3 heteroatoms. The Labute approximate surface area is 118 Å². The molecule has 0 radical (unpaired) electrons. The van der Waals surface area contributed by atoms with E-state index in [0.717, 1.165) is 18.2 Å². The second-order valence-electron chi connectivity index (χ2n) is 7.99. The summed E-state index contributed by atoms with van der Waals surface area (Å²) in [5.41, 5.74) is 0. The minimum absolute atomic E-state index is 0.383. The van der Waals surface area contributed by atoms with Crippen LogP contribution in [0.1, 0.15) is 59.8 Å². The maximum Gasteiger partial charge on any atom is 0.223 e. The number of fused-ring (bicyclic) bond motifs is 1. The van der Waals surface area contributed by atoms with E-state index < -0.39 is 0 Å². The fourth-order valence-corrected chi connectivity index (χ4v) is 5.25. The van der Waals surface area contributed by atoms with Crippen molar-refractivity contribution in [3.8, 4) is 0 Å². The topological polar surface area (TPSA) is 20.3 Å². The van der Waals surface area contributed by atoms with Crippen LogP contribution in [0.2, 0.25) is 11.1 Å². The molecule has 2 nitrogen and oxygen atoms in total. The molecule has 3 aliphatic heterocycles. The summed E-state index contributed by atoms with van der Waals surface area (Å²) < 4.78 is 0. The van der Waals surface area contributed by atoms with Crippen LogP contribution < -0.4 is 0 Å². The average molecular weight is 261 g/mol. The Kier molecular flexibility index (Phi) is 3.22. The zero-order valence-corrected chi connectivity index (χ0v) is 13.0. The van der Waals surface area contributed by atoms with Gasteiger partial charge in [0.05, 0.1) is 0 Å². The first-order valence-electron chi connectivity index (χ1n) is 8.24. The Morgan fingerprint density at radius 1 is 1.32 bits per heavy atom. The molecule has 2 bridgehead atoms. The van der Waals surface area contributed by atoms with Gasteiger partial charge in [-0.2, -0.15) is 0 Å². The molecule has 19 heavy (non-hydrogen) atoms. The van der Waals surface area contributed by atoms with Crippen molar-refractivity contribution in [3.63, 3.8) is 0 Å². The lowest BCUT2D eigenvalue weighted by Crippen LogP contribution is -2.47. The molecule has 3 heterocycles. The third-order valence-corrected chi connectivity index (χ3v) is 6.37. The Morgan fingerprint density at radius 3 is 2.58 bits per heavy atom. The number of hydrogen-bond acceptors (Lipinski definition) is 1. The minimum atomic E-state index is 0.383. The third-order valence-electron chi connectivity index (χ3n) is 6.37. The number of amides is 1. The summed E-state index contributed by atoms with van der Waals surface area (Å²) in [5.74, 6) is 2.80.